The minimum absolute atomic E-state index is 0.155. The van der Waals surface area contributed by atoms with Crippen molar-refractivity contribution in [2.24, 2.45) is 11.5 Å². The minimum atomic E-state index is -2.26. The van der Waals surface area contributed by atoms with Crippen molar-refractivity contribution in [2.45, 2.75) is 221 Å². The number of aliphatic hydroxyl groups excluding tert-OH is 20. The fourth-order valence-corrected chi connectivity index (χ4v) is 12.8. The van der Waals surface area contributed by atoms with Crippen LogP contribution in [-0.4, -0.2) is 408 Å². The highest BCUT2D eigenvalue weighted by molar-refractivity contribution is 7.99. The van der Waals surface area contributed by atoms with Gasteiger partial charge in [0.25, 0.3) is 0 Å². The second-order valence-corrected chi connectivity index (χ2v) is 24.2. The fourth-order valence-electron chi connectivity index (χ4n) is 10.7. The van der Waals surface area contributed by atoms with Gasteiger partial charge in [-0.3, -0.25) is 9.59 Å². The molecule has 7 rings (SSSR count). The second-order valence-electron chi connectivity index (χ2n) is 22.0. The molecule has 0 bridgehead atoms. The Balaban J connectivity index is 0.993. The van der Waals surface area contributed by atoms with E-state index in [1.165, 1.54) is 0 Å². The van der Waals surface area contributed by atoms with E-state index in [0.29, 0.717) is 0 Å². The summed E-state index contributed by atoms with van der Waals surface area (Å²) in [5.41, 5.74) is 11.2. The molecule has 41 heteroatoms. The van der Waals surface area contributed by atoms with Crippen LogP contribution < -0.4 is 11.5 Å². The summed E-state index contributed by atoms with van der Waals surface area (Å²) in [6.45, 7) is -5.25. The smallest absolute Gasteiger partial charge is 0.321 e. The maximum atomic E-state index is 11.7. The van der Waals surface area contributed by atoms with Gasteiger partial charge in [0.05, 0.1) is 51.8 Å². The molecule has 0 aromatic heterocycles. The van der Waals surface area contributed by atoms with Crippen LogP contribution in [0, 0.1) is 0 Å². The van der Waals surface area contributed by atoms with Gasteiger partial charge in [0.15, 0.2) is 37.7 Å². The van der Waals surface area contributed by atoms with Crippen LogP contribution in [0.3, 0.4) is 0 Å². The summed E-state index contributed by atoms with van der Waals surface area (Å²) in [5.74, 6) is -3.81. The van der Waals surface area contributed by atoms with Crippen molar-refractivity contribution in [3.8, 4) is 0 Å². The number of nitrogens with two attached hydrogens (primary N) is 2. The van der Waals surface area contributed by atoms with Crippen molar-refractivity contribution in [3.63, 3.8) is 0 Å². The predicted molar refractivity (Wildman–Crippen MR) is 282 cm³/mol. The number of carbonyl (C=O) groups is 2. The maximum Gasteiger partial charge on any atom is 0.321 e. The monoisotopic (exact) mass is 1340 g/mol. The first-order chi connectivity index (χ1) is 42.1. The van der Waals surface area contributed by atoms with E-state index >= 15 is 0 Å². The van der Waals surface area contributed by atoms with E-state index in [9.17, 15) is 117 Å². The van der Waals surface area contributed by atoms with Crippen LogP contribution in [0.5, 0.6) is 0 Å². The van der Waals surface area contributed by atoms with E-state index < -0.39 is 271 Å². The van der Waals surface area contributed by atoms with Crippen LogP contribution in [0.1, 0.15) is 0 Å². The minimum Gasteiger partial charge on any atom is -0.480 e. The number of carboxylic acids is 2. The molecule has 518 valence electrons. The van der Waals surface area contributed by atoms with Crippen molar-refractivity contribution >= 4 is 35.5 Å². The number of ether oxygens (including phenoxy) is 13. The molecule has 0 radical (unpaired) electrons. The molecule has 36 atom stereocenters. The Labute approximate surface area is 512 Å². The van der Waals surface area contributed by atoms with Crippen LogP contribution in [0.4, 0.5) is 0 Å². The standard InChI is InChI=1S/C48H82N2O37S2/c49-11(41(71)72)7-88-9-19-22(58)23(59)29(65)43(80-19)83-36-15(2-52)77-45(31(67)25(36)61)85-38-17(4-54)79-47(33(69)27(38)63)87-40-20(10-89-8-12(50)42(73)74)81-48(34(70)28(40)64)86-39-18(5-55)78-46(32(68)26(39)62)84-37-16(3-53)76-44(30(66)24(37)60)82-35-14(1-51)75-6-13(56)21(35)57/h11-40,43-48,51-70H,1-10,49-50H2,(H,71,72)(H,73,74)/t11-,12-,13?,14?,15?,16?,17?,18?,19?,20?,21-,22?,23?,24?,25?,26?,27?,28?,29+,30+,31+,32+,33+,34+,35-,36-,37-,38-,39-,40-,43-,44-,45+,46-,47+,48+/m1/s1. The number of hydrogen-bond acceptors (Lipinski definition) is 39. The highest BCUT2D eigenvalue weighted by Crippen LogP contribution is 2.38. The van der Waals surface area contributed by atoms with Gasteiger partial charge in [0, 0.05) is 23.0 Å². The van der Waals surface area contributed by atoms with Gasteiger partial charge in [-0.15, -0.1) is 0 Å². The second kappa shape index (κ2) is 33.3. The molecule has 0 amide bonds. The average molecular weight is 1340 g/mol. The number of hydrogen-bond donors (Lipinski definition) is 24. The van der Waals surface area contributed by atoms with Gasteiger partial charge < -0.3 is 185 Å². The molecule has 7 aliphatic rings. The molecule has 0 aliphatic carbocycles. The van der Waals surface area contributed by atoms with Crippen LogP contribution in [0.2, 0.25) is 0 Å². The van der Waals surface area contributed by atoms with Crippen LogP contribution in [0.25, 0.3) is 0 Å². The zero-order valence-corrected chi connectivity index (χ0v) is 48.4. The zero-order valence-electron chi connectivity index (χ0n) is 46.8. The van der Waals surface area contributed by atoms with E-state index in [1.54, 1.807) is 0 Å². The molecular formula is C48H82N2O37S2. The Hall–Kier alpha value is -1.76. The Morgan fingerprint density at radius 2 is 0.596 bits per heavy atom. The van der Waals surface area contributed by atoms with Crippen molar-refractivity contribution in [1.82, 2.24) is 0 Å². The average Bonchev–Trinajstić information content (AvgIpc) is 1.39. The van der Waals surface area contributed by atoms with Crippen LogP contribution in [0.15, 0.2) is 0 Å². The molecule has 7 fully saturated rings. The first-order valence-electron chi connectivity index (χ1n) is 28.0. The van der Waals surface area contributed by atoms with Crippen molar-refractivity contribution in [1.29, 1.82) is 0 Å². The lowest BCUT2D eigenvalue weighted by atomic mass is 9.95. The highest BCUT2D eigenvalue weighted by Gasteiger charge is 2.58. The molecule has 7 saturated heterocycles. The van der Waals surface area contributed by atoms with Gasteiger partial charge in [-0.1, -0.05) is 0 Å². The van der Waals surface area contributed by atoms with E-state index in [0.717, 1.165) is 23.5 Å². The first kappa shape index (κ1) is 74.6. The third-order valence-corrected chi connectivity index (χ3v) is 18.2. The summed E-state index contributed by atoms with van der Waals surface area (Å²) >= 11 is 1.70. The third kappa shape index (κ3) is 17.1. The van der Waals surface area contributed by atoms with Gasteiger partial charge in [-0.05, 0) is 0 Å². The summed E-state index contributed by atoms with van der Waals surface area (Å²) in [6, 6.07) is -2.78. The van der Waals surface area contributed by atoms with Crippen molar-refractivity contribution in [3.05, 3.63) is 0 Å². The molecule has 0 aromatic carbocycles. The van der Waals surface area contributed by atoms with Crippen LogP contribution >= 0.6 is 23.5 Å². The molecule has 89 heavy (non-hydrogen) atoms. The lowest BCUT2D eigenvalue weighted by molar-refractivity contribution is -0.395. The van der Waals surface area contributed by atoms with E-state index in [1.807, 2.05) is 0 Å². The Kier molecular flexibility index (Phi) is 27.9. The number of rotatable bonds is 27. The molecule has 7 heterocycles. The number of aliphatic hydroxyl groups is 20. The summed E-state index contributed by atoms with van der Waals surface area (Å²) in [5, 5.41) is 236. The Morgan fingerprint density at radius 3 is 0.888 bits per heavy atom. The van der Waals surface area contributed by atoms with Crippen molar-refractivity contribution in [2.75, 3.05) is 62.7 Å². The molecule has 0 saturated carbocycles. The van der Waals surface area contributed by atoms with E-state index in [-0.39, 0.29) is 23.9 Å². The largest absolute Gasteiger partial charge is 0.480 e. The summed E-state index contributed by atoms with van der Waals surface area (Å²) in [7, 11) is 0. The van der Waals surface area contributed by atoms with Gasteiger partial charge in [-0.2, -0.15) is 23.5 Å². The van der Waals surface area contributed by atoms with E-state index in [4.69, 9.17) is 78.2 Å². The SMILES string of the molecule is N[C@H](CSCC1O[C@H](O[C@@H]2C(CO)O[C@@H](O[C@@H]3C(CO)O[C@@H](O[C@@H]4C(CSC[C@@H](N)C(=O)O)O[C@@H](O[C@@H]5C(CO)O[C@H](O[C@@H]6C(CO)O[C@H](O[C@@H]7C(CO)OCC(O)[C@H]7O)[C@@H](O)C6O)[C@@H](O)C5O)[C@@H](O)C4O)[C@@H](O)C3O)[C@@H](O)C2O)[C@@H](O)C(O)C1O)C(=O)O. The van der Waals surface area contributed by atoms with Gasteiger partial charge in [-0.25, -0.2) is 0 Å². The molecule has 7 aliphatic heterocycles. The number of aliphatic carboxylic acids is 2. The molecule has 15 unspecified atom stereocenters. The summed E-state index contributed by atoms with van der Waals surface area (Å²) < 4.78 is 74.1. The third-order valence-electron chi connectivity index (χ3n) is 15.9. The summed E-state index contributed by atoms with van der Waals surface area (Å²) in [6.07, 6.45) is -64.6. The van der Waals surface area contributed by atoms with E-state index in [2.05, 4.69) is 0 Å². The number of thioether (sulfide) groups is 2. The predicted octanol–water partition coefficient (Wildman–Crippen LogP) is -15.3. The highest BCUT2D eigenvalue weighted by atomic mass is 32.2. The van der Waals surface area contributed by atoms with Gasteiger partial charge in [0.2, 0.25) is 0 Å². The molecular weight excluding hydrogens is 1260 g/mol. The van der Waals surface area contributed by atoms with Crippen molar-refractivity contribution < 1.29 is 184 Å². The molecule has 0 aromatic rings. The maximum absolute atomic E-state index is 11.7. The Morgan fingerprint density at radius 1 is 0.348 bits per heavy atom. The lowest BCUT2D eigenvalue weighted by Gasteiger charge is -2.50. The molecule has 0 spiro atoms. The fraction of sp³-hybridized carbons (Fsp3) is 0.958. The normalized spacial score (nSPS) is 48.2. The Bertz CT molecular complexity index is 2180. The lowest BCUT2D eigenvalue weighted by Crippen LogP contribution is -2.68. The van der Waals surface area contributed by atoms with Gasteiger partial charge >= 0.3 is 11.9 Å². The molecule has 39 nitrogen and oxygen atoms in total. The zero-order chi connectivity index (χ0) is 65.6. The quantitative estimate of drug-likeness (QED) is 0.0363. The van der Waals surface area contributed by atoms with Crippen LogP contribution in [-0.2, 0) is 71.2 Å². The topological polar surface area (TPSA) is 651 Å². The summed E-state index contributed by atoms with van der Waals surface area (Å²) in [4.78, 5) is 22.7. The number of carboxylic acid groups (broad SMARTS) is 2. The first-order valence-corrected chi connectivity index (χ1v) is 30.3. The molecule has 26 N–H and O–H groups in total. The van der Waals surface area contributed by atoms with Gasteiger partial charge in [0.1, 0.15) is 171 Å².